The standard InChI is InChI=1S/C16H19NO3/c1-2-17-7-10-6-14(10)15(8-17)20-12-3-4-13-11(5-12)9-19-16(13)18/h3-5,10,14-15H,2,6-9H2,1H3/t10-,14-,15-/m1/s1. The Morgan fingerprint density at radius 3 is 3.15 bits per heavy atom. The van der Waals surface area contributed by atoms with E-state index in [9.17, 15) is 4.79 Å². The first-order valence-electron chi connectivity index (χ1n) is 7.43. The molecule has 1 aromatic carbocycles. The van der Waals surface area contributed by atoms with E-state index < -0.39 is 0 Å². The summed E-state index contributed by atoms with van der Waals surface area (Å²) in [6, 6.07) is 5.68. The van der Waals surface area contributed by atoms with Crippen molar-refractivity contribution in [3.05, 3.63) is 29.3 Å². The van der Waals surface area contributed by atoms with Gasteiger partial charge in [0.1, 0.15) is 18.5 Å². The van der Waals surface area contributed by atoms with Gasteiger partial charge in [0.25, 0.3) is 0 Å². The van der Waals surface area contributed by atoms with E-state index in [1.54, 1.807) is 0 Å². The highest BCUT2D eigenvalue weighted by Crippen LogP contribution is 2.46. The Kier molecular flexibility index (Phi) is 2.74. The van der Waals surface area contributed by atoms with E-state index in [1.807, 2.05) is 18.2 Å². The van der Waals surface area contributed by atoms with Crippen LogP contribution in [0.4, 0.5) is 0 Å². The molecule has 1 saturated heterocycles. The van der Waals surface area contributed by atoms with Gasteiger partial charge in [0.2, 0.25) is 0 Å². The van der Waals surface area contributed by atoms with Gasteiger partial charge in [0.05, 0.1) is 5.56 Å². The van der Waals surface area contributed by atoms with Crippen molar-refractivity contribution in [3.8, 4) is 5.75 Å². The number of esters is 1. The summed E-state index contributed by atoms with van der Waals surface area (Å²) in [5, 5.41) is 0. The first kappa shape index (κ1) is 12.2. The minimum Gasteiger partial charge on any atom is -0.489 e. The predicted octanol–water partition coefficient (Wildman–Crippen LogP) is 2.08. The Balaban J connectivity index is 1.50. The van der Waals surface area contributed by atoms with Crippen LogP contribution < -0.4 is 4.74 Å². The highest BCUT2D eigenvalue weighted by atomic mass is 16.5. The summed E-state index contributed by atoms with van der Waals surface area (Å²) in [4.78, 5) is 13.9. The summed E-state index contributed by atoms with van der Waals surface area (Å²) < 4.78 is 11.2. The normalized spacial score (nSPS) is 31.4. The average molecular weight is 273 g/mol. The first-order valence-corrected chi connectivity index (χ1v) is 7.43. The monoisotopic (exact) mass is 273 g/mol. The maximum absolute atomic E-state index is 11.4. The zero-order valence-corrected chi connectivity index (χ0v) is 11.7. The number of nitrogens with zero attached hydrogens (tertiary/aromatic N) is 1. The Bertz CT molecular complexity index is 557. The number of carbonyl (C=O) groups is 1. The summed E-state index contributed by atoms with van der Waals surface area (Å²) in [5.74, 6) is 2.20. The van der Waals surface area contributed by atoms with Crippen LogP contribution in [0.15, 0.2) is 18.2 Å². The highest BCUT2D eigenvalue weighted by Gasteiger charge is 2.48. The zero-order chi connectivity index (χ0) is 13.7. The lowest BCUT2D eigenvalue weighted by Crippen LogP contribution is -2.42. The number of likely N-dealkylation sites (tertiary alicyclic amines) is 1. The molecule has 1 saturated carbocycles. The molecule has 1 aliphatic carbocycles. The molecule has 0 bridgehead atoms. The summed E-state index contributed by atoms with van der Waals surface area (Å²) in [6.07, 6.45) is 1.60. The van der Waals surface area contributed by atoms with E-state index >= 15 is 0 Å². The maximum atomic E-state index is 11.4. The third-order valence-electron chi connectivity index (χ3n) is 4.78. The summed E-state index contributed by atoms with van der Waals surface area (Å²) in [6.45, 7) is 5.93. The van der Waals surface area contributed by atoms with E-state index in [0.29, 0.717) is 18.3 Å². The molecule has 2 fully saturated rings. The van der Waals surface area contributed by atoms with Crippen LogP contribution in [-0.2, 0) is 11.3 Å². The lowest BCUT2D eigenvalue weighted by atomic mass is 10.1. The minimum absolute atomic E-state index is 0.219. The molecule has 106 valence electrons. The van der Waals surface area contributed by atoms with Crippen LogP contribution in [0.3, 0.4) is 0 Å². The topological polar surface area (TPSA) is 38.8 Å². The van der Waals surface area contributed by atoms with Gasteiger partial charge >= 0.3 is 5.97 Å². The van der Waals surface area contributed by atoms with Gasteiger partial charge in [0, 0.05) is 24.6 Å². The lowest BCUT2D eigenvalue weighted by Gasteiger charge is -2.31. The fourth-order valence-electron chi connectivity index (χ4n) is 3.47. The smallest absolute Gasteiger partial charge is 0.338 e. The van der Waals surface area contributed by atoms with Crippen molar-refractivity contribution in [2.75, 3.05) is 19.6 Å². The number of hydrogen-bond donors (Lipinski definition) is 0. The number of piperidine rings is 1. The largest absolute Gasteiger partial charge is 0.489 e. The van der Waals surface area contributed by atoms with Crippen LogP contribution in [0.1, 0.15) is 29.3 Å². The Hall–Kier alpha value is -1.55. The molecule has 0 N–H and O–H groups in total. The van der Waals surface area contributed by atoms with E-state index in [4.69, 9.17) is 9.47 Å². The van der Waals surface area contributed by atoms with Gasteiger partial charge in [-0.1, -0.05) is 6.92 Å². The Morgan fingerprint density at radius 2 is 2.30 bits per heavy atom. The van der Waals surface area contributed by atoms with Crippen molar-refractivity contribution >= 4 is 5.97 Å². The third kappa shape index (κ3) is 1.99. The van der Waals surface area contributed by atoms with Gasteiger partial charge in [-0.15, -0.1) is 0 Å². The molecule has 2 aliphatic heterocycles. The maximum Gasteiger partial charge on any atom is 0.338 e. The molecule has 0 unspecified atom stereocenters. The van der Waals surface area contributed by atoms with Gasteiger partial charge in [-0.05, 0) is 37.1 Å². The van der Waals surface area contributed by atoms with Crippen LogP contribution in [-0.4, -0.2) is 36.6 Å². The van der Waals surface area contributed by atoms with E-state index in [2.05, 4.69) is 11.8 Å². The Morgan fingerprint density at radius 1 is 1.40 bits per heavy atom. The lowest BCUT2D eigenvalue weighted by molar-refractivity contribution is 0.0534. The fourth-order valence-corrected chi connectivity index (χ4v) is 3.47. The molecule has 3 aliphatic rings. The van der Waals surface area contributed by atoms with Gasteiger partial charge < -0.3 is 9.47 Å². The zero-order valence-electron chi connectivity index (χ0n) is 11.7. The van der Waals surface area contributed by atoms with Gasteiger partial charge in [-0.2, -0.15) is 0 Å². The molecule has 20 heavy (non-hydrogen) atoms. The first-order chi connectivity index (χ1) is 9.74. The van der Waals surface area contributed by atoms with Crippen LogP contribution in [0, 0.1) is 11.8 Å². The van der Waals surface area contributed by atoms with E-state index in [-0.39, 0.29) is 5.97 Å². The second kappa shape index (κ2) is 4.48. The summed E-state index contributed by atoms with van der Waals surface area (Å²) in [7, 11) is 0. The molecule has 4 heteroatoms. The molecule has 0 aromatic heterocycles. The van der Waals surface area contributed by atoms with Crippen LogP contribution >= 0.6 is 0 Å². The van der Waals surface area contributed by atoms with Crippen molar-refractivity contribution in [1.29, 1.82) is 0 Å². The minimum atomic E-state index is -0.219. The van der Waals surface area contributed by atoms with E-state index in [1.165, 1.54) is 13.0 Å². The van der Waals surface area contributed by atoms with Gasteiger partial charge in [-0.25, -0.2) is 4.79 Å². The molecule has 2 heterocycles. The van der Waals surface area contributed by atoms with Crippen molar-refractivity contribution < 1.29 is 14.3 Å². The number of cyclic esters (lactones) is 1. The van der Waals surface area contributed by atoms with Gasteiger partial charge in [0.15, 0.2) is 0 Å². The van der Waals surface area contributed by atoms with Crippen LogP contribution in [0.5, 0.6) is 5.75 Å². The Labute approximate surface area is 118 Å². The van der Waals surface area contributed by atoms with Gasteiger partial charge in [-0.3, -0.25) is 4.90 Å². The van der Waals surface area contributed by atoms with Crippen molar-refractivity contribution in [1.82, 2.24) is 4.90 Å². The number of ether oxygens (including phenoxy) is 2. The van der Waals surface area contributed by atoms with E-state index in [0.717, 1.165) is 36.2 Å². The molecule has 0 amide bonds. The summed E-state index contributed by atoms with van der Waals surface area (Å²) >= 11 is 0. The number of rotatable bonds is 3. The third-order valence-corrected chi connectivity index (χ3v) is 4.78. The van der Waals surface area contributed by atoms with Crippen LogP contribution in [0.25, 0.3) is 0 Å². The van der Waals surface area contributed by atoms with Crippen molar-refractivity contribution in [2.45, 2.75) is 26.1 Å². The molecule has 3 atom stereocenters. The van der Waals surface area contributed by atoms with Crippen molar-refractivity contribution in [3.63, 3.8) is 0 Å². The molecule has 1 aromatic rings. The van der Waals surface area contributed by atoms with Crippen molar-refractivity contribution in [2.24, 2.45) is 11.8 Å². The molecule has 4 nitrogen and oxygen atoms in total. The second-order valence-electron chi connectivity index (χ2n) is 6.06. The summed E-state index contributed by atoms with van der Waals surface area (Å²) in [5.41, 5.74) is 1.63. The number of likely N-dealkylation sites (N-methyl/N-ethyl adjacent to an activating group) is 1. The quantitative estimate of drug-likeness (QED) is 0.790. The number of carbonyl (C=O) groups excluding carboxylic acids is 1. The molecular weight excluding hydrogens is 254 g/mol. The second-order valence-corrected chi connectivity index (χ2v) is 6.06. The number of fused-ring (bicyclic) bond motifs is 2. The molecule has 0 spiro atoms. The molecule has 4 rings (SSSR count). The average Bonchev–Trinajstić information content (AvgIpc) is 3.16. The fraction of sp³-hybridized carbons (Fsp3) is 0.562. The predicted molar refractivity (Wildman–Crippen MR) is 73.7 cm³/mol. The molecular formula is C16H19NO3. The number of benzene rings is 1. The highest BCUT2D eigenvalue weighted by molar-refractivity contribution is 5.93. The SMILES string of the molecule is CCN1C[C@H]2C[C@H]2[C@H](Oc2ccc3c(c2)COC3=O)C1. The molecule has 0 radical (unpaired) electrons. The van der Waals surface area contributed by atoms with Crippen LogP contribution in [0.2, 0.25) is 0 Å². The number of hydrogen-bond acceptors (Lipinski definition) is 4.